The number of aryl methyl sites for hydroxylation is 1. The third-order valence-corrected chi connectivity index (χ3v) is 2.92. The maximum Gasteiger partial charge on any atom is 0.229 e. The van der Waals surface area contributed by atoms with Crippen LogP contribution in [0.25, 0.3) is 0 Å². The van der Waals surface area contributed by atoms with Crippen molar-refractivity contribution in [2.45, 2.75) is 27.2 Å². The van der Waals surface area contributed by atoms with Gasteiger partial charge >= 0.3 is 0 Å². The Balaban J connectivity index is 2.88. The summed E-state index contributed by atoms with van der Waals surface area (Å²) in [5.74, 6) is 0.143. The number of nitrogens with zero attached hydrogens (tertiary/aromatic N) is 1. The molecule has 3 nitrogen and oxygen atoms in total. The number of hydrogen-bond acceptors (Lipinski definition) is 2. The number of amides is 1. The fourth-order valence-corrected chi connectivity index (χ4v) is 1.90. The summed E-state index contributed by atoms with van der Waals surface area (Å²) in [6, 6.07) is 8.03. The molecule has 2 N–H and O–H groups in total. The summed E-state index contributed by atoms with van der Waals surface area (Å²) in [6.45, 7) is 7.21. The van der Waals surface area contributed by atoms with E-state index >= 15 is 0 Å². The van der Waals surface area contributed by atoms with E-state index in [0.29, 0.717) is 13.1 Å². The minimum absolute atomic E-state index is 0.0135. The van der Waals surface area contributed by atoms with Crippen LogP contribution in [-0.2, 0) is 4.79 Å². The zero-order chi connectivity index (χ0) is 12.8. The van der Waals surface area contributed by atoms with Crippen LogP contribution in [0.2, 0.25) is 0 Å². The molecule has 0 bridgehead atoms. The highest BCUT2D eigenvalue weighted by atomic mass is 16.2. The van der Waals surface area contributed by atoms with Crippen molar-refractivity contribution in [3.8, 4) is 0 Å². The maximum absolute atomic E-state index is 12.2. The highest BCUT2D eigenvalue weighted by molar-refractivity contribution is 5.94. The monoisotopic (exact) mass is 234 g/mol. The predicted octanol–water partition coefficient (Wildman–Crippen LogP) is 2.33. The number of rotatable bonds is 5. The minimum Gasteiger partial charge on any atom is -0.330 e. The zero-order valence-electron chi connectivity index (χ0n) is 10.9. The molecule has 0 aromatic heterocycles. The molecule has 1 aromatic carbocycles. The van der Waals surface area contributed by atoms with Gasteiger partial charge in [0.1, 0.15) is 0 Å². The maximum atomic E-state index is 12.2. The van der Waals surface area contributed by atoms with Gasteiger partial charge < -0.3 is 10.6 Å². The van der Waals surface area contributed by atoms with Gasteiger partial charge in [0.05, 0.1) is 0 Å². The second-order valence-corrected chi connectivity index (χ2v) is 4.40. The minimum atomic E-state index is -0.0135. The largest absolute Gasteiger partial charge is 0.330 e. The van der Waals surface area contributed by atoms with Gasteiger partial charge in [-0.3, -0.25) is 4.79 Å². The topological polar surface area (TPSA) is 46.3 Å². The summed E-state index contributed by atoms with van der Waals surface area (Å²) in [5.41, 5.74) is 7.64. The molecule has 1 amide bonds. The summed E-state index contributed by atoms with van der Waals surface area (Å²) in [5, 5.41) is 0. The molecule has 0 aliphatic carbocycles. The molecule has 0 spiro atoms. The molecule has 17 heavy (non-hydrogen) atoms. The van der Waals surface area contributed by atoms with Crippen LogP contribution in [0.5, 0.6) is 0 Å². The lowest BCUT2D eigenvalue weighted by Gasteiger charge is -2.24. The van der Waals surface area contributed by atoms with Crippen molar-refractivity contribution in [3.05, 3.63) is 29.8 Å². The Kier molecular flexibility index (Phi) is 5.16. The Morgan fingerprint density at radius 2 is 2.18 bits per heavy atom. The molecular weight excluding hydrogens is 212 g/mol. The van der Waals surface area contributed by atoms with E-state index in [0.717, 1.165) is 12.1 Å². The van der Waals surface area contributed by atoms with Crippen LogP contribution in [0.15, 0.2) is 24.3 Å². The van der Waals surface area contributed by atoms with Gasteiger partial charge in [0.25, 0.3) is 0 Å². The fraction of sp³-hybridized carbons (Fsp3) is 0.500. The van der Waals surface area contributed by atoms with Crippen molar-refractivity contribution in [1.29, 1.82) is 0 Å². The first-order chi connectivity index (χ1) is 8.10. The number of nitrogens with two attached hydrogens (primary N) is 1. The van der Waals surface area contributed by atoms with Crippen molar-refractivity contribution < 1.29 is 4.79 Å². The van der Waals surface area contributed by atoms with E-state index in [4.69, 9.17) is 5.73 Å². The molecule has 3 heteroatoms. The van der Waals surface area contributed by atoms with E-state index in [1.165, 1.54) is 5.56 Å². The first-order valence-corrected chi connectivity index (χ1v) is 6.18. The van der Waals surface area contributed by atoms with Gasteiger partial charge in [-0.25, -0.2) is 0 Å². The van der Waals surface area contributed by atoms with Crippen LogP contribution in [0.3, 0.4) is 0 Å². The summed E-state index contributed by atoms with van der Waals surface area (Å²) in [7, 11) is 0. The third-order valence-electron chi connectivity index (χ3n) is 2.92. The third kappa shape index (κ3) is 3.56. The number of benzene rings is 1. The Labute approximate surface area is 104 Å². The summed E-state index contributed by atoms with van der Waals surface area (Å²) in [4.78, 5) is 14.1. The molecule has 0 radical (unpaired) electrons. The Morgan fingerprint density at radius 1 is 1.47 bits per heavy atom. The van der Waals surface area contributed by atoms with Gasteiger partial charge in [-0.15, -0.1) is 0 Å². The van der Waals surface area contributed by atoms with E-state index in [1.807, 2.05) is 49.9 Å². The molecule has 0 aliphatic rings. The molecule has 94 valence electrons. The molecule has 1 aromatic rings. The van der Waals surface area contributed by atoms with E-state index < -0.39 is 0 Å². The number of anilines is 1. The van der Waals surface area contributed by atoms with Crippen LogP contribution in [-0.4, -0.2) is 19.0 Å². The van der Waals surface area contributed by atoms with Gasteiger partial charge in [-0.1, -0.05) is 19.1 Å². The molecule has 0 fully saturated rings. The Bertz CT molecular complexity index is 376. The summed E-state index contributed by atoms with van der Waals surface area (Å²) >= 11 is 0. The van der Waals surface area contributed by atoms with Crippen molar-refractivity contribution in [3.63, 3.8) is 0 Å². The van der Waals surface area contributed by atoms with Crippen molar-refractivity contribution in [2.75, 3.05) is 18.0 Å². The SMILES string of the molecule is CCN(C(=O)C(C)CCN)c1cccc(C)c1. The van der Waals surface area contributed by atoms with Crippen LogP contribution < -0.4 is 10.6 Å². The Hall–Kier alpha value is -1.35. The second kappa shape index (κ2) is 6.40. The average Bonchev–Trinajstić information content (AvgIpc) is 2.30. The molecule has 0 saturated carbocycles. The van der Waals surface area contributed by atoms with E-state index in [2.05, 4.69) is 0 Å². The molecule has 0 aliphatic heterocycles. The van der Waals surface area contributed by atoms with Crippen LogP contribution in [0.4, 0.5) is 5.69 Å². The quantitative estimate of drug-likeness (QED) is 0.850. The lowest BCUT2D eigenvalue weighted by atomic mass is 10.1. The first kappa shape index (κ1) is 13.7. The molecule has 1 atom stereocenters. The highest BCUT2D eigenvalue weighted by Crippen LogP contribution is 2.19. The normalized spacial score (nSPS) is 12.2. The molecule has 0 saturated heterocycles. The van der Waals surface area contributed by atoms with Gasteiger partial charge in [-0.05, 0) is 44.5 Å². The second-order valence-electron chi connectivity index (χ2n) is 4.40. The first-order valence-electron chi connectivity index (χ1n) is 6.18. The van der Waals surface area contributed by atoms with Gasteiger partial charge in [0.15, 0.2) is 0 Å². The molecule has 1 unspecified atom stereocenters. The van der Waals surface area contributed by atoms with Gasteiger partial charge in [-0.2, -0.15) is 0 Å². The van der Waals surface area contributed by atoms with E-state index in [1.54, 1.807) is 0 Å². The number of carbonyl (C=O) groups is 1. The lowest BCUT2D eigenvalue weighted by molar-refractivity contribution is -0.122. The molecular formula is C14H22N2O. The van der Waals surface area contributed by atoms with Crippen LogP contribution in [0.1, 0.15) is 25.8 Å². The van der Waals surface area contributed by atoms with Crippen molar-refractivity contribution in [2.24, 2.45) is 11.7 Å². The van der Waals surface area contributed by atoms with Crippen LogP contribution in [0, 0.1) is 12.8 Å². The van der Waals surface area contributed by atoms with Crippen LogP contribution >= 0.6 is 0 Å². The predicted molar refractivity (Wildman–Crippen MR) is 72.0 cm³/mol. The highest BCUT2D eigenvalue weighted by Gasteiger charge is 2.19. The fourth-order valence-electron chi connectivity index (χ4n) is 1.90. The van der Waals surface area contributed by atoms with Crippen molar-refractivity contribution >= 4 is 11.6 Å². The smallest absolute Gasteiger partial charge is 0.229 e. The van der Waals surface area contributed by atoms with Gasteiger partial charge in [0, 0.05) is 18.2 Å². The average molecular weight is 234 g/mol. The van der Waals surface area contributed by atoms with E-state index in [9.17, 15) is 4.79 Å². The van der Waals surface area contributed by atoms with Gasteiger partial charge in [0.2, 0.25) is 5.91 Å². The van der Waals surface area contributed by atoms with E-state index in [-0.39, 0.29) is 11.8 Å². The number of hydrogen-bond donors (Lipinski definition) is 1. The summed E-state index contributed by atoms with van der Waals surface area (Å²) < 4.78 is 0. The summed E-state index contributed by atoms with van der Waals surface area (Å²) in [6.07, 6.45) is 0.737. The number of carbonyl (C=O) groups excluding carboxylic acids is 1. The zero-order valence-corrected chi connectivity index (χ0v) is 10.9. The standard InChI is InChI=1S/C14H22N2O/c1-4-16(14(17)12(3)8-9-15)13-7-5-6-11(2)10-13/h5-7,10,12H,4,8-9,15H2,1-3H3. The molecule has 1 rings (SSSR count). The lowest BCUT2D eigenvalue weighted by Crippen LogP contribution is -2.35. The molecule has 0 heterocycles. The Morgan fingerprint density at radius 3 is 2.71 bits per heavy atom. The van der Waals surface area contributed by atoms with Crippen molar-refractivity contribution in [1.82, 2.24) is 0 Å².